The van der Waals surface area contributed by atoms with Crippen LogP contribution in [0.1, 0.15) is 24.1 Å². The number of halogens is 2. The normalized spacial score (nSPS) is 12.4. The van der Waals surface area contributed by atoms with Crippen molar-refractivity contribution in [1.29, 1.82) is 0 Å². The monoisotopic (exact) mass is 280 g/mol. The average Bonchev–Trinajstić information content (AvgIpc) is 2.39. The zero-order valence-electron chi connectivity index (χ0n) is 10.0. The summed E-state index contributed by atoms with van der Waals surface area (Å²) in [6, 6.07) is 9.71. The molecule has 1 aromatic carbocycles. The highest BCUT2D eigenvalue weighted by atomic mass is 35.5. The Balaban J connectivity index is 2.04. The van der Waals surface area contributed by atoms with Crippen molar-refractivity contribution in [1.82, 2.24) is 10.3 Å². The smallest absolute Gasteiger partial charge is 0.0465 e. The SMILES string of the molecule is CC(NCc1c(Cl)cccc1Cl)c1cccnc1. The minimum Gasteiger partial charge on any atom is -0.306 e. The highest BCUT2D eigenvalue weighted by Gasteiger charge is 2.08. The van der Waals surface area contributed by atoms with Crippen LogP contribution in [-0.4, -0.2) is 4.98 Å². The first-order valence-electron chi connectivity index (χ1n) is 5.74. The molecule has 4 heteroatoms. The number of pyridine rings is 1. The van der Waals surface area contributed by atoms with Gasteiger partial charge in [0.1, 0.15) is 0 Å². The maximum absolute atomic E-state index is 6.12. The molecular weight excluding hydrogens is 267 g/mol. The number of benzene rings is 1. The van der Waals surface area contributed by atoms with Crippen molar-refractivity contribution in [2.24, 2.45) is 0 Å². The molecule has 0 spiro atoms. The molecule has 94 valence electrons. The van der Waals surface area contributed by atoms with Crippen LogP contribution in [0.25, 0.3) is 0 Å². The molecule has 0 saturated carbocycles. The number of aromatic nitrogens is 1. The van der Waals surface area contributed by atoms with Gasteiger partial charge in [0.25, 0.3) is 0 Å². The Hall–Kier alpha value is -1.09. The van der Waals surface area contributed by atoms with Gasteiger partial charge in [0.15, 0.2) is 0 Å². The molecule has 0 aliphatic rings. The van der Waals surface area contributed by atoms with Gasteiger partial charge in [0, 0.05) is 40.6 Å². The molecule has 2 nitrogen and oxygen atoms in total. The van der Waals surface area contributed by atoms with Gasteiger partial charge in [0.2, 0.25) is 0 Å². The molecule has 2 rings (SSSR count). The van der Waals surface area contributed by atoms with Crippen molar-refractivity contribution in [3.05, 3.63) is 63.9 Å². The molecule has 0 fully saturated rings. The zero-order valence-corrected chi connectivity index (χ0v) is 11.5. The summed E-state index contributed by atoms with van der Waals surface area (Å²) in [4.78, 5) is 4.10. The van der Waals surface area contributed by atoms with Gasteiger partial charge in [0.05, 0.1) is 0 Å². The summed E-state index contributed by atoms with van der Waals surface area (Å²) in [5.74, 6) is 0. The fourth-order valence-corrected chi connectivity index (χ4v) is 2.24. The van der Waals surface area contributed by atoms with E-state index in [-0.39, 0.29) is 6.04 Å². The third-order valence-electron chi connectivity index (χ3n) is 2.83. The molecule has 1 aromatic heterocycles. The lowest BCUT2D eigenvalue weighted by atomic mass is 10.1. The Morgan fingerprint density at radius 1 is 1.17 bits per heavy atom. The second kappa shape index (κ2) is 6.19. The molecule has 1 heterocycles. The molecule has 0 amide bonds. The predicted molar refractivity (Wildman–Crippen MR) is 76.0 cm³/mol. The van der Waals surface area contributed by atoms with Crippen LogP contribution in [0.4, 0.5) is 0 Å². The summed E-state index contributed by atoms with van der Waals surface area (Å²) < 4.78 is 0. The van der Waals surface area contributed by atoms with Gasteiger partial charge in [-0.05, 0) is 30.7 Å². The van der Waals surface area contributed by atoms with Crippen molar-refractivity contribution >= 4 is 23.2 Å². The molecule has 0 bridgehead atoms. The van der Waals surface area contributed by atoms with Crippen LogP contribution in [0.5, 0.6) is 0 Å². The second-order valence-electron chi connectivity index (χ2n) is 4.09. The lowest BCUT2D eigenvalue weighted by Crippen LogP contribution is -2.18. The number of hydrogen-bond donors (Lipinski definition) is 1. The Morgan fingerprint density at radius 3 is 2.50 bits per heavy atom. The zero-order chi connectivity index (χ0) is 13.0. The molecule has 1 unspecified atom stereocenters. The molecule has 0 aliphatic carbocycles. The largest absolute Gasteiger partial charge is 0.306 e. The molecule has 0 saturated heterocycles. The molecule has 0 radical (unpaired) electrons. The van der Waals surface area contributed by atoms with Crippen LogP contribution >= 0.6 is 23.2 Å². The summed E-state index contributed by atoms with van der Waals surface area (Å²) in [5.41, 5.74) is 2.07. The Morgan fingerprint density at radius 2 is 1.89 bits per heavy atom. The topological polar surface area (TPSA) is 24.9 Å². The van der Waals surface area contributed by atoms with Gasteiger partial charge in [-0.3, -0.25) is 4.98 Å². The summed E-state index contributed by atoms with van der Waals surface area (Å²) in [5, 5.41) is 4.76. The van der Waals surface area contributed by atoms with E-state index in [0.29, 0.717) is 16.6 Å². The van der Waals surface area contributed by atoms with Crippen molar-refractivity contribution in [2.75, 3.05) is 0 Å². The Kier molecular flexibility index (Phi) is 4.59. The van der Waals surface area contributed by atoms with Crippen molar-refractivity contribution in [3.8, 4) is 0 Å². The summed E-state index contributed by atoms with van der Waals surface area (Å²) >= 11 is 12.2. The standard InChI is InChI=1S/C14H14Cl2N2/c1-10(11-4-3-7-17-8-11)18-9-12-13(15)5-2-6-14(12)16/h2-8,10,18H,9H2,1H3. The maximum Gasteiger partial charge on any atom is 0.0465 e. The van der Waals surface area contributed by atoms with Gasteiger partial charge in [-0.2, -0.15) is 0 Å². The fourth-order valence-electron chi connectivity index (χ4n) is 1.71. The third-order valence-corrected chi connectivity index (χ3v) is 3.54. The van der Waals surface area contributed by atoms with Gasteiger partial charge < -0.3 is 5.32 Å². The quantitative estimate of drug-likeness (QED) is 0.906. The van der Waals surface area contributed by atoms with E-state index in [1.54, 1.807) is 6.20 Å². The maximum atomic E-state index is 6.12. The van der Waals surface area contributed by atoms with Gasteiger partial charge >= 0.3 is 0 Å². The first-order chi connectivity index (χ1) is 8.68. The summed E-state index contributed by atoms with van der Waals surface area (Å²) in [7, 11) is 0. The molecule has 18 heavy (non-hydrogen) atoms. The second-order valence-corrected chi connectivity index (χ2v) is 4.90. The van der Waals surface area contributed by atoms with Crippen LogP contribution in [0.3, 0.4) is 0 Å². The highest BCUT2D eigenvalue weighted by Crippen LogP contribution is 2.24. The molecular formula is C14H14Cl2N2. The highest BCUT2D eigenvalue weighted by molar-refractivity contribution is 6.35. The lowest BCUT2D eigenvalue weighted by molar-refractivity contribution is 0.573. The van der Waals surface area contributed by atoms with Crippen molar-refractivity contribution < 1.29 is 0 Å². The first kappa shape index (κ1) is 13.3. The minimum absolute atomic E-state index is 0.200. The van der Waals surface area contributed by atoms with Crippen LogP contribution in [-0.2, 0) is 6.54 Å². The molecule has 1 atom stereocenters. The van der Waals surface area contributed by atoms with Gasteiger partial charge in [-0.15, -0.1) is 0 Å². The van der Waals surface area contributed by atoms with E-state index in [1.807, 2.05) is 36.5 Å². The number of hydrogen-bond acceptors (Lipinski definition) is 2. The van der Waals surface area contributed by atoms with E-state index in [9.17, 15) is 0 Å². The van der Waals surface area contributed by atoms with E-state index in [4.69, 9.17) is 23.2 Å². The van der Waals surface area contributed by atoms with E-state index >= 15 is 0 Å². The predicted octanol–water partition coefficient (Wildman–Crippen LogP) is 4.24. The summed E-state index contributed by atoms with van der Waals surface area (Å²) in [6.07, 6.45) is 3.62. The fraction of sp³-hybridized carbons (Fsp3) is 0.214. The van der Waals surface area contributed by atoms with Crippen molar-refractivity contribution in [3.63, 3.8) is 0 Å². The van der Waals surface area contributed by atoms with E-state index in [1.165, 1.54) is 0 Å². The van der Waals surface area contributed by atoms with Crippen molar-refractivity contribution in [2.45, 2.75) is 19.5 Å². The average molecular weight is 281 g/mol. The number of nitrogens with zero attached hydrogens (tertiary/aromatic N) is 1. The Labute approximate surface area is 117 Å². The first-order valence-corrected chi connectivity index (χ1v) is 6.50. The lowest BCUT2D eigenvalue weighted by Gasteiger charge is -2.15. The molecule has 1 N–H and O–H groups in total. The van der Waals surface area contributed by atoms with Crippen LogP contribution in [0, 0.1) is 0 Å². The van der Waals surface area contributed by atoms with Crippen LogP contribution in [0.2, 0.25) is 10.0 Å². The van der Waals surface area contributed by atoms with Crippen LogP contribution in [0.15, 0.2) is 42.7 Å². The number of nitrogens with one attached hydrogen (secondary N) is 1. The summed E-state index contributed by atoms with van der Waals surface area (Å²) in [6.45, 7) is 2.72. The Bertz CT molecular complexity index is 494. The van der Waals surface area contributed by atoms with E-state index in [2.05, 4.69) is 17.2 Å². The minimum atomic E-state index is 0.200. The van der Waals surface area contributed by atoms with Crippen LogP contribution < -0.4 is 5.32 Å². The molecule has 0 aliphatic heterocycles. The van der Waals surface area contributed by atoms with Gasteiger partial charge in [-0.25, -0.2) is 0 Å². The van der Waals surface area contributed by atoms with Gasteiger partial charge in [-0.1, -0.05) is 35.3 Å². The van der Waals surface area contributed by atoms with E-state index in [0.717, 1.165) is 11.1 Å². The third kappa shape index (κ3) is 3.22. The van der Waals surface area contributed by atoms with E-state index < -0.39 is 0 Å². The number of rotatable bonds is 4. The molecule has 2 aromatic rings.